The molecule has 0 spiro atoms. The molecule has 0 aliphatic carbocycles. The SMILES string of the molecule is CC(=O)C1C2C=CC(O2)C1[C-]=O.[Y]. The molecule has 2 heterocycles. The summed E-state index contributed by atoms with van der Waals surface area (Å²) in [6.07, 6.45) is 5.18. The van der Waals surface area contributed by atoms with Gasteiger partial charge in [-0.1, -0.05) is 18.1 Å². The van der Waals surface area contributed by atoms with Crippen molar-refractivity contribution < 1.29 is 47.0 Å². The van der Waals surface area contributed by atoms with Gasteiger partial charge in [-0.2, -0.15) is 0 Å². The first-order valence-corrected chi connectivity index (χ1v) is 3.96. The van der Waals surface area contributed by atoms with Crippen molar-refractivity contribution in [1.82, 2.24) is 0 Å². The predicted molar refractivity (Wildman–Crippen MR) is 41.2 cm³/mol. The van der Waals surface area contributed by atoms with E-state index in [1.807, 2.05) is 18.4 Å². The maximum atomic E-state index is 11.1. The monoisotopic (exact) mass is 254 g/mol. The van der Waals surface area contributed by atoms with Crippen molar-refractivity contribution >= 4 is 12.1 Å². The van der Waals surface area contributed by atoms with Crippen molar-refractivity contribution in [2.45, 2.75) is 19.1 Å². The van der Waals surface area contributed by atoms with Gasteiger partial charge >= 0.3 is 0 Å². The Morgan fingerprint density at radius 3 is 2.46 bits per heavy atom. The standard InChI is InChI=1S/C9H9O3.Y/c1-5(11)9-6(4-10)7-2-3-8(9)12-7;/h2-3,6-9H,1H3;/q-1;. The van der Waals surface area contributed by atoms with Gasteiger partial charge in [0.25, 0.3) is 0 Å². The maximum absolute atomic E-state index is 11.1. The minimum Gasteiger partial charge on any atom is -0.541 e. The average Bonchev–Trinajstić information content (AvgIpc) is 2.60. The number of carbonyl (C=O) groups excluding carboxylic acids is 2. The summed E-state index contributed by atoms with van der Waals surface area (Å²) in [5.74, 6) is -0.657. The molecule has 1 saturated heterocycles. The number of Topliss-reactive ketones (excluding diaryl/α,β-unsaturated/α-hetero) is 1. The number of hydrogen-bond donors (Lipinski definition) is 0. The molecule has 13 heavy (non-hydrogen) atoms. The summed E-state index contributed by atoms with van der Waals surface area (Å²) in [6, 6.07) is 0. The fourth-order valence-electron chi connectivity index (χ4n) is 1.93. The topological polar surface area (TPSA) is 43.4 Å². The van der Waals surface area contributed by atoms with Gasteiger partial charge in [-0.05, 0) is 6.92 Å². The van der Waals surface area contributed by atoms with Gasteiger partial charge in [0.2, 0.25) is 0 Å². The zero-order chi connectivity index (χ0) is 8.72. The minimum absolute atomic E-state index is 0. The molecule has 4 heteroatoms. The first-order valence-electron chi connectivity index (χ1n) is 3.96. The van der Waals surface area contributed by atoms with Crippen molar-refractivity contribution in [1.29, 1.82) is 0 Å². The van der Waals surface area contributed by atoms with Gasteiger partial charge in [-0.3, -0.25) is 11.1 Å². The Balaban J connectivity index is 0.000000845. The quantitative estimate of drug-likeness (QED) is 0.524. The molecule has 0 amide bonds. The maximum Gasteiger partial charge on any atom is 0.133 e. The molecule has 1 fully saturated rings. The van der Waals surface area contributed by atoms with E-state index in [1.165, 1.54) is 6.92 Å². The van der Waals surface area contributed by atoms with Crippen LogP contribution in [-0.2, 0) is 47.0 Å². The molecular weight excluding hydrogens is 245 g/mol. The Morgan fingerprint density at radius 2 is 2.00 bits per heavy atom. The van der Waals surface area contributed by atoms with Crippen LogP contribution in [0.2, 0.25) is 0 Å². The first kappa shape index (κ1) is 11.2. The molecule has 0 aromatic rings. The Bertz CT molecular complexity index is 262. The number of rotatable bonds is 2. The van der Waals surface area contributed by atoms with Gasteiger partial charge in [0.15, 0.2) is 0 Å². The smallest absolute Gasteiger partial charge is 0.133 e. The normalized spacial score (nSPS) is 40.1. The van der Waals surface area contributed by atoms with Gasteiger partial charge in [0.1, 0.15) is 5.78 Å². The van der Waals surface area contributed by atoms with E-state index in [0.717, 1.165) is 0 Å². The second-order valence-electron chi connectivity index (χ2n) is 3.23. The van der Waals surface area contributed by atoms with Crippen LogP contribution in [0.1, 0.15) is 6.92 Å². The van der Waals surface area contributed by atoms with Crippen LogP contribution in [0, 0.1) is 11.8 Å². The molecule has 0 N–H and O–H groups in total. The zero-order valence-corrected chi connectivity index (χ0v) is 10.1. The summed E-state index contributed by atoms with van der Waals surface area (Å²) in [5, 5.41) is 0. The van der Waals surface area contributed by atoms with Crippen LogP contribution >= 0.6 is 0 Å². The molecule has 2 bridgehead atoms. The van der Waals surface area contributed by atoms with Crippen molar-refractivity contribution in [3.63, 3.8) is 0 Å². The fraction of sp³-hybridized carbons (Fsp3) is 0.556. The summed E-state index contributed by atoms with van der Waals surface area (Å²) in [5.41, 5.74) is 0. The van der Waals surface area contributed by atoms with Crippen LogP contribution in [0.25, 0.3) is 0 Å². The zero-order valence-electron chi connectivity index (χ0n) is 7.27. The van der Waals surface area contributed by atoms with E-state index in [4.69, 9.17) is 4.74 Å². The molecular formula is C9H9O3Y-. The molecule has 0 saturated carbocycles. The van der Waals surface area contributed by atoms with Crippen LogP contribution in [0.5, 0.6) is 0 Å². The number of ether oxygens (including phenoxy) is 1. The Hall–Kier alpha value is 0.144. The molecule has 1 radical (unpaired) electrons. The second kappa shape index (κ2) is 4.12. The van der Waals surface area contributed by atoms with Gasteiger partial charge in [0, 0.05) is 38.6 Å². The number of carbonyl (C=O) groups is 1. The average molecular weight is 254 g/mol. The second-order valence-corrected chi connectivity index (χ2v) is 3.23. The third-order valence-corrected chi connectivity index (χ3v) is 2.51. The fourth-order valence-corrected chi connectivity index (χ4v) is 1.93. The summed E-state index contributed by atoms with van der Waals surface area (Å²) in [6.45, 7) is 1.49. The van der Waals surface area contributed by atoms with Gasteiger partial charge in [-0.15, -0.1) is 0 Å². The van der Waals surface area contributed by atoms with Crippen molar-refractivity contribution in [3.8, 4) is 0 Å². The molecule has 4 atom stereocenters. The van der Waals surface area contributed by atoms with E-state index in [2.05, 4.69) is 0 Å². The van der Waals surface area contributed by atoms with E-state index in [1.54, 1.807) is 0 Å². The summed E-state index contributed by atoms with van der Waals surface area (Å²) in [4.78, 5) is 21.6. The number of fused-ring (bicyclic) bond motifs is 2. The molecule has 0 aromatic heterocycles. The number of ketones is 1. The molecule has 67 valence electrons. The van der Waals surface area contributed by atoms with Crippen LogP contribution in [0.3, 0.4) is 0 Å². The van der Waals surface area contributed by atoms with Gasteiger partial charge < -0.3 is 9.53 Å². The van der Waals surface area contributed by atoms with Crippen molar-refractivity contribution in [3.05, 3.63) is 12.2 Å². The van der Waals surface area contributed by atoms with Gasteiger partial charge in [-0.25, -0.2) is 0 Å². The van der Waals surface area contributed by atoms with Crippen molar-refractivity contribution in [2.24, 2.45) is 11.8 Å². The number of hydrogen-bond acceptors (Lipinski definition) is 3. The van der Waals surface area contributed by atoms with Crippen LogP contribution < -0.4 is 0 Å². The van der Waals surface area contributed by atoms with Crippen LogP contribution in [0.4, 0.5) is 0 Å². The van der Waals surface area contributed by atoms with E-state index < -0.39 is 0 Å². The molecule has 3 nitrogen and oxygen atoms in total. The van der Waals surface area contributed by atoms with E-state index in [0.29, 0.717) is 0 Å². The Labute approximate surface area is 102 Å². The summed E-state index contributed by atoms with van der Waals surface area (Å²) < 4.78 is 5.36. The Morgan fingerprint density at radius 1 is 1.38 bits per heavy atom. The van der Waals surface area contributed by atoms with E-state index in [-0.39, 0.29) is 62.5 Å². The third-order valence-electron chi connectivity index (χ3n) is 2.51. The minimum atomic E-state index is -0.377. The molecule has 2 aliphatic rings. The van der Waals surface area contributed by atoms with E-state index in [9.17, 15) is 9.59 Å². The molecule has 2 aliphatic heterocycles. The predicted octanol–water partition coefficient (Wildman–Crippen LogP) is 0.252. The first-order chi connectivity index (χ1) is 5.74. The molecule has 4 unspecified atom stereocenters. The molecule has 2 rings (SSSR count). The van der Waals surface area contributed by atoms with Crippen molar-refractivity contribution in [2.75, 3.05) is 0 Å². The summed E-state index contributed by atoms with van der Waals surface area (Å²) in [7, 11) is 0. The third kappa shape index (κ3) is 1.70. The van der Waals surface area contributed by atoms with Crippen LogP contribution in [-0.4, -0.2) is 24.3 Å². The molecule has 0 aromatic carbocycles. The van der Waals surface area contributed by atoms with E-state index >= 15 is 0 Å². The van der Waals surface area contributed by atoms with Gasteiger partial charge in [0.05, 0.1) is 12.2 Å². The largest absolute Gasteiger partial charge is 0.541 e. The van der Waals surface area contributed by atoms with Crippen LogP contribution in [0.15, 0.2) is 12.2 Å². The summed E-state index contributed by atoms with van der Waals surface area (Å²) >= 11 is 0. The Kier molecular flexibility index (Phi) is 3.55.